The molecule has 0 bridgehead atoms. The molecule has 1 aliphatic carbocycles. The second-order valence-corrected chi connectivity index (χ2v) is 2.40. The van der Waals surface area contributed by atoms with E-state index in [-0.39, 0.29) is 32.7 Å². The number of nitrogens with one attached hydrogen (secondary N) is 1. The Labute approximate surface area is 87.0 Å². The maximum Gasteiger partial charge on any atom is 0.0209 e. The molecule has 0 heterocycles. The number of hydrogen-bond acceptors (Lipinski definition) is 1. The summed E-state index contributed by atoms with van der Waals surface area (Å²) in [6, 6.07) is 0. The van der Waals surface area contributed by atoms with Crippen LogP contribution in [0.2, 0.25) is 0 Å². The molecule has 1 N–H and O–H groups in total. The van der Waals surface area contributed by atoms with Crippen LogP contribution < -0.4 is 0 Å². The van der Waals surface area contributed by atoms with Crippen LogP contribution in [0.15, 0.2) is 23.3 Å². The molecule has 0 saturated heterocycles. The smallest absolute Gasteiger partial charge is 0.0209 e. The van der Waals surface area contributed by atoms with E-state index in [4.69, 9.17) is 5.41 Å². The Hall–Kier alpha value is 0.254. The summed E-state index contributed by atoms with van der Waals surface area (Å²) < 4.78 is 0. The molecule has 1 rings (SSSR count). The van der Waals surface area contributed by atoms with E-state index in [1.807, 2.05) is 6.08 Å². The molecule has 0 atom stereocenters. The predicted octanol–water partition coefficient (Wildman–Crippen LogP) is 2.30. The minimum atomic E-state index is 0. The Morgan fingerprint density at radius 2 is 2.10 bits per heavy atom. The van der Waals surface area contributed by atoms with Crippen molar-refractivity contribution < 1.29 is 32.7 Å². The molecular formula is C8H11NY. The molecular weight excluding hydrogens is 199 g/mol. The second-order valence-electron chi connectivity index (χ2n) is 2.40. The summed E-state index contributed by atoms with van der Waals surface area (Å²) >= 11 is 0. The van der Waals surface area contributed by atoms with Gasteiger partial charge in [0.1, 0.15) is 0 Å². The third-order valence-electron chi connectivity index (χ3n) is 1.58. The Morgan fingerprint density at radius 1 is 1.40 bits per heavy atom. The molecule has 0 saturated carbocycles. The van der Waals surface area contributed by atoms with Crippen molar-refractivity contribution in [1.82, 2.24) is 0 Å². The molecule has 2 heteroatoms. The van der Waals surface area contributed by atoms with Crippen LogP contribution in [0.3, 0.4) is 0 Å². The van der Waals surface area contributed by atoms with Crippen LogP contribution in [0.5, 0.6) is 0 Å². The summed E-state index contributed by atoms with van der Waals surface area (Å²) in [6.45, 7) is 2.12. The normalized spacial score (nSPS) is 16.5. The third kappa shape index (κ3) is 2.89. The fourth-order valence-corrected chi connectivity index (χ4v) is 0.878. The van der Waals surface area contributed by atoms with E-state index in [1.165, 1.54) is 11.8 Å². The van der Waals surface area contributed by atoms with Crippen LogP contribution in [-0.2, 0) is 32.7 Å². The first-order chi connectivity index (χ1) is 4.33. The Morgan fingerprint density at radius 3 is 2.50 bits per heavy atom. The Bertz CT molecular complexity index is 180. The molecule has 51 valence electrons. The van der Waals surface area contributed by atoms with Gasteiger partial charge in [0.05, 0.1) is 0 Å². The number of hydrogen-bond donors (Lipinski definition) is 1. The molecule has 0 unspecified atom stereocenters. The van der Waals surface area contributed by atoms with Gasteiger partial charge in [-0.25, -0.2) is 0 Å². The zero-order valence-electron chi connectivity index (χ0n) is 6.22. The van der Waals surface area contributed by atoms with Crippen molar-refractivity contribution in [2.45, 2.75) is 19.8 Å². The first-order valence-corrected chi connectivity index (χ1v) is 3.20. The van der Waals surface area contributed by atoms with Gasteiger partial charge in [0.15, 0.2) is 0 Å². The molecule has 0 aromatic carbocycles. The van der Waals surface area contributed by atoms with Crippen LogP contribution in [0, 0.1) is 5.41 Å². The van der Waals surface area contributed by atoms with Gasteiger partial charge >= 0.3 is 0 Å². The largest absolute Gasteiger partial charge is 0.308 e. The Kier molecular flexibility index (Phi) is 5.10. The summed E-state index contributed by atoms with van der Waals surface area (Å²) in [5.41, 5.74) is 2.56. The molecule has 0 aromatic rings. The van der Waals surface area contributed by atoms with Crippen molar-refractivity contribution in [3.63, 3.8) is 0 Å². The molecule has 0 amide bonds. The average molecular weight is 210 g/mol. The topological polar surface area (TPSA) is 23.9 Å². The number of rotatable bonds is 1. The first-order valence-electron chi connectivity index (χ1n) is 3.20. The van der Waals surface area contributed by atoms with Crippen LogP contribution in [0.1, 0.15) is 19.8 Å². The van der Waals surface area contributed by atoms with E-state index in [2.05, 4.69) is 13.0 Å². The fraction of sp³-hybridized carbons (Fsp3) is 0.375. The molecule has 0 fully saturated rings. The summed E-state index contributed by atoms with van der Waals surface area (Å²) in [5.74, 6) is 0. The van der Waals surface area contributed by atoms with E-state index in [9.17, 15) is 0 Å². The zero-order chi connectivity index (χ0) is 6.69. The van der Waals surface area contributed by atoms with Gasteiger partial charge in [-0.15, -0.1) is 0 Å². The monoisotopic (exact) mass is 210 g/mol. The first kappa shape index (κ1) is 10.3. The molecule has 0 aliphatic heterocycles. The maximum absolute atomic E-state index is 6.94. The number of allylic oxidation sites excluding steroid dienone is 4. The molecule has 10 heavy (non-hydrogen) atoms. The minimum absolute atomic E-state index is 0. The molecule has 1 nitrogen and oxygen atoms in total. The van der Waals surface area contributed by atoms with Crippen molar-refractivity contribution in [3.05, 3.63) is 23.3 Å². The fourth-order valence-electron chi connectivity index (χ4n) is 0.878. The van der Waals surface area contributed by atoms with Crippen LogP contribution in [0.4, 0.5) is 0 Å². The SMILES string of the molecule is CC1=CC=C(C=N)CC1.[Y]. The van der Waals surface area contributed by atoms with E-state index >= 15 is 0 Å². The van der Waals surface area contributed by atoms with Crippen molar-refractivity contribution >= 4 is 6.21 Å². The van der Waals surface area contributed by atoms with Gasteiger partial charge in [0.2, 0.25) is 0 Å². The van der Waals surface area contributed by atoms with Gasteiger partial charge in [-0.05, 0) is 25.3 Å². The van der Waals surface area contributed by atoms with Gasteiger partial charge in [0.25, 0.3) is 0 Å². The van der Waals surface area contributed by atoms with Gasteiger partial charge < -0.3 is 5.41 Å². The van der Waals surface area contributed by atoms with E-state index in [0.717, 1.165) is 18.4 Å². The Balaban J connectivity index is 0.000000810. The van der Waals surface area contributed by atoms with Crippen molar-refractivity contribution in [2.75, 3.05) is 0 Å². The van der Waals surface area contributed by atoms with E-state index in [0.29, 0.717) is 0 Å². The minimum Gasteiger partial charge on any atom is -0.308 e. The predicted molar refractivity (Wildman–Crippen MR) is 39.9 cm³/mol. The standard InChI is InChI=1S/C8H11N.Y/c1-7-2-4-8(6-9)5-3-7;/h2,4,6,9H,3,5H2,1H3;. The summed E-state index contributed by atoms with van der Waals surface area (Å²) in [7, 11) is 0. The molecule has 1 aliphatic rings. The zero-order valence-corrected chi connectivity index (χ0v) is 9.06. The third-order valence-corrected chi connectivity index (χ3v) is 1.58. The van der Waals surface area contributed by atoms with Crippen molar-refractivity contribution in [1.29, 1.82) is 5.41 Å². The van der Waals surface area contributed by atoms with Crippen molar-refractivity contribution in [3.8, 4) is 0 Å². The molecule has 0 aromatic heterocycles. The van der Waals surface area contributed by atoms with E-state index < -0.39 is 0 Å². The quantitative estimate of drug-likeness (QED) is 0.642. The van der Waals surface area contributed by atoms with Crippen molar-refractivity contribution in [2.24, 2.45) is 0 Å². The summed E-state index contributed by atoms with van der Waals surface area (Å²) in [4.78, 5) is 0. The summed E-state index contributed by atoms with van der Waals surface area (Å²) in [5, 5.41) is 6.94. The van der Waals surface area contributed by atoms with Gasteiger partial charge in [-0.2, -0.15) is 0 Å². The maximum atomic E-state index is 6.94. The van der Waals surface area contributed by atoms with Gasteiger partial charge in [-0.3, -0.25) is 0 Å². The van der Waals surface area contributed by atoms with Gasteiger partial charge in [0, 0.05) is 38.9 Å². The van der Waals surface area contributed by atoms with Gasteiger partial charge in [-0.1, -0.05) is 17.7 Å². The van der Waals surface area contributed by atoms with Crippen LogP contribution in [0.25, 0.3) is 0 Å². The molecule has 1 radical (unpaired) electrons. The average Bonchev–Trinajstić information content (AvgIpc) is 1.90. The summed E-state index contributed by atoms with van der Waals surface area (Å²) in [6.07, 6.45) is 7.71. The second kappa shape index (κ2) is 4.98. The van der Waals surface area contributed by atoms with Crippen LogP contribution in [-0.4, -0.2) is 6.21 Å². The van der Waals surface area contributed by atoms with Crippen LogP contribution >= 0.6 is 0 Å². The molecule has 0 spiro atoms. The van der Waals surface area contributed by atoms with E-state index in [1.54, 1.807) is 0 Å².